The van der Waals surface area contributed by atoms with E-state index in [4.69, 9.17) is 0 Å². The van der Waals surface area contributed by atoms with Crippen LogP contribution in [0.25, 0.3) is 11.0 Å². The number of nitrogens with zero attached hydrogens (tertiary/aromatic N) is 4. The van der Waals surface area contributed by atoms with Gasteiger partial charge in [0.15, 0.2) is 5.65 Å². The lowest BCUT2D eigenvalue weighted by atomic mass is 9.84. The first kappa shape index (κ1) is 13.0. The lowest BCUT2D eigenvalue weighted by molar-refractivity contribution is 0.550. The third kappa shape index (κ3) is 2.00. The highest BCUT2D eigenvalue weighted by Gasteiger charge is 2.28. The van der Waals surface area contributed by atoms with Gasteiger partial charge in [0.05, 0.1) is 16.8 Å². The average Bonchev–Trinajstić information content (AvgIpc) is 2.54. The molecule has 0 aliphatic heterocycles. The zero-order valence-corrected chi connectivity index (χ0v) is 12.4. The van der Waals surface area contributed by atoms with Crippen LogP contribution in [0.4, 0.5) is 0 Å². The van der Waals surface area contributed by atoms with E-state index in [1.165, 1.54) is 0 Å². The molecule has 0 N–H and O–H groups in total. The molecule has 0 aliphatic rings. The molecule has 0 fully saturated rings. The number of aromatic nitrogens is 4. The van der Waals surface area contributed by atoms with Crippen molar-refractivity contribution in [2.45, 2.75) is 52.4 Å². The van der Waals surface area contributed by atoms with Gasteiger partial charge in [-0.2, -0.15) is 5.10 Å². The van der Waals surface area contributed by atoms with E-state index in [2.05, 4.69) is 56.6 Å². The fourth-order valence-corrected chi connectivity index (χ4v) is 2.18. The summed E-state index contributed by atoms with van der Waals surface area (Å²) in [5.41, 5.74) is 3.05. The van der Waals surface area contributed by atoms with E-state index < -0.39 is 0 Å². The quantitative estimate of drug-likeness (QED) is 0.717. The minimum absolute atomic E-state index is 0.00970. The van der Waals surface area contributed by atoms with Crippen molar-refractivity contribution in [3.05, 3.63) is 17.7 Å². The van der Waals surface area contributed by atoms with E-state index in [0.29, 0.717) is 0 Å². The van der Waals surface area contributed by atoms with Crippen LogP contribution < -0.4 is 0 Å². The standard InChI is InChI=1S/C14H22N4/c1-13(2,3)10-9-11(14(4,5)6)17-18(7)12(9)16-8-15-10/h8H,1-7H3. The van der Waals surface area contributed by atoms with Crippen molar-refractivity contribution in [1.29, 1.82) is 0 Å². The van der Waals surface area contributed by atoms with Crippen molar-refractivity contribution in [3.8, 4) is 0 Å². The van der Waals surface area contributed by atoms with Gasteiger partial charge in [0.25, 0.3) is 0 Å². The highest BCUT2D eigenvalue weighted by molar-refractivity contribution is 5.82. The second-order valence-electron chi connectivity index (χ2n) is 6.89. The summed E-state index contributed by atoms with van der Waals surface area (Å²) in [6.07, 6.45) is 1.64. The molecule has 2 rings (SSSR count). The molecule has 18 heavy (non-hydrogen) atoms. The number of fused-ring (bicyclic) bond motifs is 1. The lowest BCUT2D eigenvalue weighted by Gasteiger charge is -2.21. The smallest absolute Gasteiger partial charge is 0.161 e. The summed E-state index contributed by atoms with van der Waals surface area (Å²) in [5, 5.41) is 5.76. The molecule has 2 aromatic heterocycles. The topological polar surface area (TPSA) is 43.6 Å². The summed E-state index contributed by atoms with van der Waals surface area (Å²) in [6, 6.07) is 0. The molecular weight excluding hydrogens is 224 g/mol. The fraction of sp³-hybridized carbons (Fsp3) is 0.643. The van der Waals surface area contributed by atoms with Gasteiger partial charge in [0.2, 0.25) is 0 Å². The fourth-order valence-electron chi connectivity index (χ4n) is 2.18. The second-order valence-corrected chi connectivity index (χ2v) is 6.89. The largest absolute Gasteiger partial charge is 0.250 e. The Morgan fingerprint density at radius 3 is 1.94 bits per heavy atom. The molecule has 4 nitrogen and oxygen atoms in total. The molecule has 2 aromatic rings. The van der Waals surface area contributed by atoms with Crippen LogP contribution in [0, 0.1) is 0 Å². The Kier molecular flexibility index (Phi) is 2.72. The molecule has 0 saturated heterocycles. The maximum Gasteiger partial charge on any atom is 0.161 e. The SMILES string of the molecule is Cn1nc(C(C)(C)C)c2c(C(C)(C)C)ncnc21. The predicted octanol–water partition coefficient (Wildman–Crippen LogP) is 2.96. The Balaban J connectivity index is 2.90. The molecule has 0 aromatic carbocycles. The van der Waals surface area contributed by atoms with Gasteiger partial charge in [-0.1, -0.05) is 41.5 Å². The summed E-state index contributed by atoms with van der Waals surface area (Å²) in [5.74, 6) is 0. The lowest BCUT2D eigenvalue weighted by Crippen LogP contribution is -2.18. The molecule has 0 atom stereocenters. The van der Waals surface area contributed by atoms with E-state index >= 15 is 0 Å². The highest BCUT2D eigenvalue weighted by Crippen LogP contribution is 2.34. The summed E-state index contributed by atoms with van der Waals surface area (Å²) in [6.45, 7) is 13.0. The van der Waals surface area contributed by atoms with Crippen LogP contribution in [0.3, 0.4) is 0 Å². The van der Waals surface area contributed by atoms with Crippen LogP contribution in [-0.4, -0.2) is 19.7 Å². The van der Waals surface area contributed by atoms with Crippen LogP contribution in [-0.2, 0) is 17.9 Å². The molecule has 2 heterocycles. The molecule has 98 valence electrons. The normalized spacial score (nSPS) is 13.3. The number of rotatable bonds is 0. The highest BCUT2D eigenvalue weighted by atomic mass is 15.3. The minimum atomic E-state index is -0.00970. The van der Waals surface area contributed by atoms with Crippen molar-refractivity contribution in [3.63, 3.8) is 0 Å². The van der Waals surface area contributed by atoms with Crippen LogP contribution in [0.15, 0.2) is 6.33 Å². The Labute approximate surface area is 108 Å². The van der Waals surface area contributed by atoms with Crippen LogP contribution in [0.1, 0.15) is 52.9 Å². The van der Waals surface area contributed by atoms with E-state index in [1.54, 1.807) is 6.33 Å². The number of aryl methyl sites for hydroxylation is 1. The van der Waals surface area contributed by atoms with E-state index in [1.807, 2.05) is 11.7 Å². The number of hydrogen-bond acceptors (Lipinski definition) is 3. The molecular formula is C14H22N4. The van der Waals surface area contributed by atoms with Gasteiger partial charge in [-0.15, -0.1) is 0 Å². The monoisotopic (exact) mass is 246 g/mol. The molecule has 0 bridgehead atoms. The average molecular weight is 246 g/mol. The minimum Gasteiger partial charge on any atom is -0.250 e. The van der Waals surface area contributed by atoms with E-state index in [9.17, 15) is 0 Å². The van der Waals surface area contributed by atoms with Crippen molar-refractivity contribution in [2.24, 2.45) is 7.05 Å². The van der Waals surface area contributed by atoms with Crippen molar-refractivity contribution >= 4 is 11.0 Å². The van der Waals surface area contributed by atoms with Crippen molar-refractivity contribution in [1.82, 2.24) is 19.7 Å². The molecule has 0 spiro atoms. The zero-order chi connectivity index (χ0) is 13.7. The van der Waals surface area contributed by atoms with Gasteiger partial charge >= 0.3 is 0 Å². The maximum atomic E-state index is 4.65. The van der Waals surface area contributed by atoms with Gasteiger partial charge < -0.3 is 0 Å². The first-order valence-corrected chi connectivity index (χ1v) is 6.31. The first-order chi connectivity index (χ1) is 8.12. The van der Waals surface area contributed by atoms with Gasteiger partial charge in [-0.05, 0) is 0 Å². The van der Waals surface area contributed by atoms with Gasteiger partial charge in [-0.3, -0.25) is 4.68 Å². The summed E-state index contributed by atoms with van der Waals surface area (Å²) >= 11 is 0. The summed E-state index contributed by atoms with van der Waals surface area (Å²) in [4.78, 5) is 8.88. The first-order valence-electron chi connectivity index (χ1n) is 6.31. The van der Waals surface area contributed by atoms with Crippen molar-refractivity contribution in [2.75, 3.05) is 0 Å². The molecule has 4 heteroatoms. The van der Waals surface area contributed by atoms with Crippen LogP contribution in [0.2, 0.25) is 0 Å². The Hall–Kier alpha value is -1.45. The molecule has 0 amide bonds. The van der Waals surface area contributed by atoms with E-state index in [-0.39, 0.29) is 10.8 Å². The maximum absolute atomic E-state index is 4.65. The van der Waals surface area contributed by atoms with Crippen LogP contribution >= 0.6 is 0 Å². The molecule has 0 saturated carbocycles. The van der Waals surface area contributed by atoms with Gasteiger partial charge in [0, 0.05) is 17.9 Å². The van der Waals surface area contributed by atoms with Gasteiger partial charge in [0.1, 0.15) is 6.33 Å². The van der Waals surface area contributed by atoms with Crippen molar-refractivity contribution < 1.29 is 0 Å². The Morgan fingerprint density at radius 1 is 0.889 bits per heavy atom. The molecule has 0 aliphatic carbocycles. The predicted molar refractivity (Wildman–Crippen MR) is 73.7 cm³/mol. The van der Waals surface area contributed by atoms with E-state index in [0.717, 1.165) is 22.4 Å². The Bertz CT molecular complexity index is 582. The third-order valence-electron chi connectivity index (χ3n) is 3.04. The second kappa shape index (κ2) is 3.77. The molecule has 0 unspecified atom stereocenters. The summed E-state index contributed by atoms with van der Waals surface area (Å²) < 4.78 is 1.85. The third-order valence-corrected chi connectivity index (χ3v) is 3.04. The van der Waals surface area contributed by atoms with Crippen LogP contribution in [0.5, 0.6) is 0 Å². The Morgan fingerprint density at radius 2 is 1.44 bits per heavy atom. The summed E-state index contributed by atoms with van der Waals surface area (Å²) in [7, 11) is 1.94. The number of hydrogen-bond donors (Lipinski definition) is 0. The zero-order valence-electron chi connectivity index (χ0n) is 12.4. The van der Waals surface area contributed by atoms with Gasteiger partial charge in [-0.25, -0.2) is 9.97 Å². The molecule has 0 radical (unpaired) electrons.